The maximum atomic E-state index is 3.71. The lowest BCUT2D eigenvalue weighted by atomic mass is 10.0. The Labute approximate surface area is 82.4 Å². The molecule has 0 spiro atoms. The summed E-state index contributed by atoms with van der Waals surface area (Å²) >= 11 is 3.61. The van der Waals surface area contributed by atoms with Gasteiger partial charge in [0.25, 0.3) is 0 Å². The summed E-state index contributed by atoms with van der Waals surface area (Å²) in [6.45, 7) is 7.98. The molecule has 0 nitrogen and oxygen atoms in total. The largest absolute Gasteiger partial charge is 0.0985 e. The number of hydrogen-bond donors (Lipinski definition) is 0. The minimum absolute atomic E-state index is 0.0622. The van der Waals surface area contributed by atoms with E-state index in [9.17, 15) is 0 Å². The first-order valence-corrected chi connectivity index (χ1v) is 4.75. The third kappa shape index (κ3) is 2.21. The number of benzene rings is 1. The van der Waals surface area contributed by atoms with Crippen molar-refractivity contribution in [3.8, 4) is 0 Å². The molecule has 0 saturated heterocycles. The summed E-state index contributed by atoms with van der Waals surface area (Å²) in [7, 11) is 0. The van der Waals surface area contributed by atoms with Crippen LogP contribution in [0, 0.1) is 0 Å². The van der Waals surface area contributed by atoms with Gasteiger partial charge in [-0.2, -0.15) is 0 Å². The summed E-state index contributed by atoms with van der Waals surface area (Å²) < 4.78 is 0.0622. The highest BCUT2D eigenvalue weighted by atomic mass is 79.9. The maximum absolute atomic E-state index is 3.71. The summed E-state index contributed by atoms with van der Waals surface area (Å²) in [6, 6.07) is 8.38. The molecule has 0 unspecified atom stereocenters. The third-order valence-corrected chi connectivity index (χ3v) is 2.29. The zero-order chi connectivity index (χ0) is 9.19. The molecule has 1 aromatic rings. The lowest BCUT2D eigenvalue weighted by Crippen LogP contribution is -2.05. The second-order valence-electron chi connectivity index (χ2n) is 3.30. The van der Waals surface area contributed by atoms with E-state index in [0.29, 0.717) is 0 Å². The first-order valence-electron chi connectivity index (χ1n) is 3.96. The van der Waals surface area contributed by atoms with E-state index in [1.54, 1.807) is 0 Å². The fourth-order valence-electron chi connectivity index (χ4n) is 1.02. The average molecular weight is 225 g/mol. The van der Waals surface area contributed by atoms with Crippen LogP contribution in [0.5, 0.6) is 0 Å². The quantitative estimate of drug-likeness (QED) is 0.668. The van der Waals surface area contributed by atoms with E-state index in [2.05, 4.69) is 60.6 Å². The third-order valence-electron chi connectivity index (χ3n) is 1.83. The smallest absolute Gasteiger partial charge is 0.0449 e. The molecule has 0 aliphatic rings. The van der Waals surface area contributed by atoms with Gasteiger partial charge in [-0.15, -0.1) is 0 Å². The van der Waals surface area contributed by atoms with Gasteiger partial charge in [0, 0.05) is 4.32 Å². The van der Waals surface area contributed by atoms with E-state index in [1.807, 2.05) is 6.08 Å². The van der Waals surface area contributed by atoms with Crippen LogP contribution in [-0.2, 0) is 4.32 Å². The van der Waals surface area contributed by atoms with Crippen molar-refractivity contribution in [1.82, 2.24) is 0 Å². The molecule has 0 radical (unpaired) electrons. The lowest BCUT2D eigenvalue weighted by Gasteiger charge is -2.16. The number of halogens is 1. The van der Waals surface area contributed by atoms with E-state index in [0.717, 1.165) is 5.56 Å². The van der Waals surface area contributed by atoms with Crippen molar-refractivity contribution in [2.75, 3.05) is 0 Å². The Balaban J connectivity index is 3.00. The molecule has 0 aliphatic carbocycles. The van der Waals surface area contributed by atoms with Crippen LogP contribution in [0.1, 0.15) is 25.0 Å². The van der Waals surface area contributed by atoms with E-state index < -0.39 is 0 Å². The van der Waals surface area contributed by atoms with Crippen molar-refractivity contribution >= 4 is 22.0 Å². The SMILES string of the molecule is C=Cc1ccc(C(C)(C)Br)cc1. The molecule has 12 heavy (non-hydrogen) atoms. The van der Waals surface area contributed by atoms with Crippen molar-refractivity contribution in [3.63, 3.8) is 0 Å². The summed E-state index contributed by atoms with van der Waals surface area (Å²) in [6.07, 6.45) is 1.85. The molecule has 1 heteroatoms. The molecule has 64 valence electrons. The highest BCUT2D eigenvalue weighted by Gasteiger charge is 2.14. The number of rotatable bonds is 2. The predicted molar refractivity (Wildman–Crippen MR) is 58.5 cm³/mol. The van der Waals surface area contributed by atoms with Gasteiger partial charge < -0.3 is 0 Å². The van der Waals surface area contributed by atoms with Gasteiger partial charge in [-0.05, 0) is 25.0 Å². The summed E-state index contributed by atoms with van der Waals surface area (Å²) in [4.78, 5) is 0. The van der Waals surface area contributed by atoms with Crippen LogP contribution >= 0.6 is 15.9 Å². The Bertz CT molecular complexity index is 264. The lowest BCUT2D eigenvalue weighted by molar-refractivity contribution is 0.803. The first-order chi connectivity index (χ1) is 5.54. The molecule has 0 aromatic heterocycles. The van der Waals surface area contributed by atoms with Crippen molar-refractivity contribution in [2.45, 2.75) is 18.2 Å². The van der Waals surface area contributed by atoms with E-state index in [4.69, 9.17) is 0 Å². The maximum Gasteiger partial charge on any atom is 0.0449 e. The van der Waals surface area contributed by atoms with E-state index in [-0.39, 0.29) is 4.32 Å². The molecule has 0 atom stereocenters. The zero-order valence-electron chi connectivity index (χ0n) is 7.47. The molecule has 0 bridgehead atoms. The molecular weight excluding hydrogens is 212 g/mol. The van der Waals surface area contributed by atoms with Gasteiger partial charge in [-0.25, -0.2) is 0 Å². The van der Waals surface area contributed by atoms with Crippen LogP contribution in [0.4, 0.5) is 0 Å². The molecule has 0 fully saturated rings. The van der Waals surface area contributed by atoms with Gasteiger partial charge in [0.1, 0.15) is 0 Å². The minimum Gasteiger partial charge on any atom is -0.0985 e. The standard InChI is InChI=1S/C11H13Br/c1-4-9-5-7-10(8-6-9)11(2,3)12/h4-8H,1H2,2-3H3. The van der Waals surface area contributed by atoms with Gasteiger partial charge in [0.2, 0.25) is 0 Å². The monoisotopic (exact) mass is 224 g/mol. The van der Waals surface area contributed by atoms with Gasteiger partial charge in [0.15, 0.2) is 0 Å². The Hall–Kier alpha value is -0.560. The molecule has 0 aliphatic heterocycles. The Morgan fingerprint density at radius 3 is 2.08 bits per heavy atom. The fraction of sp³-hybridized carbons (Fsp3) is 0.273. The molecule has 1 aromatic carbocycles. The van der Waals surface area contributed by atoms with Crippen molar-refractivity contribution in [3.05, 3.63) is 42.0 Å². The highest BCUT2D eigenvalue weighted by Crippen LogP contribution is 2.29. The van der Waals surface area contributed by atoms with Crippen molar-refractivity contribution < 1.29 is 0 Å². The van der Waals surface area contributed by atoms with E-state index >= 15 is 0 Å². The summed E-state index contributed by atoms with van der Waals surface area (Å²) in [5.74, 6) is 0. The van der Waals surface area contributed by atoms with Crippen LogP contribution in [-0.4, -0.2) is 0 Å². The molecule has 0 N–H and O–H groups in total. The van der Waals surface area contributed by atoms with Gasteiger partial charge in [0.05, 0.1) is 0 Å². The van der Waals surface area contributed by atoms with Crippen LogP contribution in [0.15, 0.2) is 30.8 Å². The van der Waals surface area contributed by atoms with Crippen molar-refractivity contribution in [2.24, 2.45) is 0 Å². The molecule has 0 heterocycles. The zero-order valence-corrected chi connectivity index (χ0v) is 9.06. The highest BCUT2D eigenvalue weighted by molar-refractivity contribution is 9.09. The van der Waals surface area contributed by atoms with Crippen LogP contribution < -0.4 is 0 Å². The topological polar surface area (TPSA) is 0 Å². The van der Waals surface area contributed by atoms with Gasteiger partial charge in [-0.3, -0.25) is 0 Å². The average Bonchev–Trinajstić information content (AvgIpc) is 2.03. The van der Waals surface area contributed by atoms with Crippen LogP contribution in [0.2, 0.25) is 0 Å². The molecule has 0 amide bonds. The first kappa shape index (κ1) is 9.53. The normalized spacial score (nSPS) is 11.2. The number of alkyl halides is 1. The summed E-state index contributed by atoms with van der Waals surface area (Å²) in [5, 5.41) is 0. The molecule has 0 saturated carbocycles. The Kier molecular flexibility index (Phi) is 2.73. The Morgan fingerprint density at radius 2 is 1.75 bits per heavy atom. The van der Waals surface area contributed by atoms with Crippen LogP contribution in [0.3, 0.4) is 0 Å². The van der Waals surface area contributed by atoms with Crippen molar-refractivity contribution in [1.29, 1.82) is 0 Å². The Morgan fingerprint density at radius 1 is 1.25 bits per heavy atom. The fourth-order valence-corrected chi connectivity index (χ4v) is 1.28. The second-order valence-corrected chi connectivity index (χ2v) is 5.28. The predicted octanol–water partition coefficient (Wildman–Crippen LogP) is 3.96. The molecular formula is C11H13Br. The van der Waals surface area contributed by atoms with Crippen LogP contribution in [0.25, 0.3) is 6.08 Å². The minimum atomic E-state index is 0.0622. The summed E-state index contributed by atoms with van der Waals surface area (Å²) in [5.41, 5.74) is 2.45. The number of hydrogen-bond acceptors (Lipinski definition) is 0. The van der Waals surface area contributed by atoms with Gasteiger partial charge >= 0.3 is 0 Å². The van der Waals surface area contributed by atoms with Gasteiger partial charge in [-0.1, -0.05) is 52.9 Å². The second kappa shape index (κ2) is 3.44. The van der Waals surface area contributed by atoms with E-state index in [1.165, 1.54) is 5.56 Å². The molecule has 1 rings (SSSR count).